The molecular formula is C13H17ClO2. The van der Waals surface area contributed by atoms with E-state index in [0.29, 0.717) is 17.9 Å². The molecule has 1 aromatic rings. The number of rotatable bonds is 5. The van der Waals surface area contributed by atoms with Crippen LogP contribution in [0.2, 0.25) is 0 Å². The Morgan fingerprint density at radius 1 is 1.44 bits per heavy atom. The molecule has 0 aliphatic rings. The Balaban J connectivity index is 2.86. The predicted molar refractivity (Wildman–Crippen MR) is 66.6 cm³/mol. The van der Waals surface area contributed by atoms with Gasteiger partial charge in [-0.2, -0.15) is 0 Å². The summed E-state index contributed by atoms with van der Waals surface area (Å²) in [6, 6.07) is 5.49. The zero-order chi connectivity index (χ0) is 12.1. The maximum absolute atomic E-state index is 11.6. The summed E-state index contributed by atoms with van der Waals surface area (Å²) in [7, 11) is 0. The number of ether oxygens (including phenoxy) is 1. The van der Waals surface area contributed by atoms with E-state index in [9.17, 15) is 4.79 Å². The highest BCUT2D eigenvalue weighted by molar-refractivity contribution is 6.19. The molecule has 0 unspecified atom stereocenters. The first-order valence-corrected chi connectivity index (χ1v) is 5.94. The first-order chi connectivity index (χ1) is 7.54. The first kappa shape index (κ1) is 13.0. The van der Waals surface area contributed by atoms with Crippen LogP contribution in [0.1, 0.15) is 36.2 Å². The average Bonchev–Trinajstić information content (AvgIpc) is 2.20. The summed E-state index contributed by atoms with van der Waals surface area (Å²) in [5.74, 6) is 1.27. The van der Waals surface area contributed by atoms with Crippen molar-refractivity contribution < 1.29 is 9.53 Å². The molecule has 0 amide bonds. The highest BCUT2D eigenvalue weighted by atomic mass is 35.5. The Bertz CT molecular complexity index is 372. The lowest BCUT2D eigenvalue weighted by Gasteiger charge is -2.12. The van der Waals surface area contributed by atoms with E-state index >= 15 is 0 Å². The molecule has 0 heterocycles. The summed E-state index contributed by atoms with van der Waals surface area (Å²) in [5, 5.41) is 0. The van der Waals surface area contributed by atoms with Crippen molar-refractivity contribution >= 4 is 17.4 Å². The van der Waals surface area contributed by atoms with E-state index in [4.69, 9.17) is 16.3 Å². The first-order valence-electron chi connectivity index (χ1n) is 5.41. The number of Topliss-reactive ketones (excluding diaryl/α,β-unsaturated/α-hetero) is 1. The normalized spacial score (nSPS) is 10.6. The molecule has 0 N–H and O–H groups in total. The van der Waals surface area contributed by atoms with Gasteiger partial charge in [-0.25, -0.2) is 0 Å². The van der Waals surface area contributed by atoms with Crippen LogP contribution in [0.25, 0.3) is 0 Å². The van der Waals surface area contributed by atoms with Gasteiger partial charge in [-0.1, -0.05) is 0 Å². The third-order valence-corrected chi connectivity index (χ3v) is 2.37. The molecule has 0 aromatic heterocycles. The van der Waals surface area contributed by atoms with Gasteiger partial charge in [0, 0.05) is 17.9 Å². The van der Waals surface area contributed by atoms with Gasteiger partial charge in [0.25, 0.3) is 0 Å². The van der Waals surface area contributed by atoms with Gasteiger partial charge in [0.2, 0.25) is 0 Å². The molecule has 0 atom stereocenters. The lowest BCUT2D eigenvalue weighted by molar-refractivity contribution is 0.0989. The fourth-order valence-electron chi connectivity index (χ4n) is 1.44. The fraction of sp³-hybridized carbons (Fsp3) is 0.462. The van der Waals surface area contributed by atoms with Crippen molar-refractivity contribution in [1.82, 2.24) is 0 Å². The van der Waals surface area contributed by atoms with E-state index in [0.717, 1.165) is 11.3 Å². The number of aryl methyl sites for hydroxylation is 1. The molecule has 1 aromatic carbocycles. The zero-order valence-corrected chi connectivity index (χ0v) is 10.7. The van der Waals surface area contributed by atoms with Gasteiger partial charge in [0.15, 0.2) is 5.78 Å². The van der Waals surface area contributed by atoms with Gasteiger partial charge in [0.1, 0.15) is 5.75 Å². The van der Waals surface area contributed by atoms with E-state index in [-0.39, 0.29) is 11.9 Å². The lowest BCUT2D eigenvalue weighted by atomic mass is 10.1. The number of carbonyl (C=O) groups excluding carboxylic acids is 1. The quantitative estimate of drug-likeness (QED) is 0.581. The number of benzene rings is 1. The highest BCUT2D eigenvalue weighted by Gasteiger charge is 2.08. The van der Waals surface area contributed by atoms with Crippen LogP contribution in [0.15, 0.2) is 18.2 Å². The molecule has 0 aliphatic carbocycles. The summed E-state index contributed by atoms with van der Waals surface area (Å²) in [6.45, 7) is 5.90. The van der Waals surface area contributed by atoms with Gasteiger partial charge < -0.3 is 4.74 Å². The van der Waals surface area contributed by atoms with Crippen molar-refractivity contribution in [2.75, 3.05) is 5.88 Å². The van der Waals surface area contributed by atoms with E-state index < -0.39 is 0 Å². The molecule has 0 radical (unpaired) electrons. The average molecular weight is 241 g/mol. The topological polar surface area (TPSA) is 26.3 Å². The Kier molecular flexibility index (Phi) is 4.81. The van der Waals surface area contributed by atoms with Gasteiger partial charge in [0.05, 0.1) is 6.10 Å². The Morgan fingerprint density at radius 3 is 2.62 bits per heavy atom. The zero-order valence-electron chi connectivity index (χ0n) is 9.92. The second-order valence-corrected chi connectivity index (χ2v) is 4.39. The second-order valence-electron chi connectivity index (χ2n) is 4.01. The van der Waals surface area contributed by atoms with Gasteiger partial charge >= 0.3 is 0 Å². The molecule has 0 aliphatic heterocycles. The minimum absolute atomic E-state index is 0.0780. The van der Waals surface area contributed by atoms with Crippen LogP contribution in [0.5, 0.6) is 5.75 Å². The Hall–Kier alpha value is -1.02. The SMILES string of the molecule is Cc1cc(C(=O)CCCl)ccc1OC(C)C. The minimum Gasteiger partial charge on any atom is -0.491 e. The number of ketones is 1. The van der Waals surface area contributed by atoms with Crippen LogP contribution in [-0.4, -0.2) is 17.8 Å². The molecule has 1 rings (SSSR count). The molecule has 2 nitrogen and oxygen atoms in total. The van der Waals surface area contributed by atoms with Crippen molar-refractivity contribution in [2.24, 2.45) is 0 Å². The number of halogens is 1. The van der Waals surface area contributed by atoms with Crippen molar-refractivity contribution in [2.45, 2.75) is 33.3 Å². The van der Waals surface area contributed by atoms with Crippen LogP contribution >= 0.6 is 11.6 Å². The summed E-state index contributed by atoms with van der Waals surface area (Å²) in [6.07, 6.45) is 0.522. The van der Waals surface area contributed by atoms with E-state index in [1.807, 2.05) is 32.9 Å². The highest BCUT2D eigenvalue weighted by Crippen LogP contribution is 2.21. The van der Waals surface area contributed by atoms with Crippen LogP contribution in [0.3, 0.4) is 0 Å². The number of hydrogen-bond acceptors (Lipinski definition) is 2. The molecule has 0 saturated carbocycles. The van der Waals surface area contributed by atoms with E-state index in [2.05, 4.69) is 0 Å². The number of hydrogen-bond donors (Lipinski definition) is 0. The standard InChI is InChI=1S/C13H17ClO2/c1-9(2)16-13-5-4-11(8-10(13)3)12(15)6-7-14/h4-5,8-9H,6-7H2,1-3H3. The van der Waals surface area contributed by atoms with Crippen LogP contribution in [-0.2, 0) is 0 Å². The smallest absolute Gasteiger partial charge is 0.164 e. The molecular weight excluding hydrogens is 224 g/mol. The van der Waals surface area contributed by atoms with Crippen molar-refractivity contribution in [3.63, 3.8) is 0 Å². The maximum atomic E-state index is 11.6. The van der Waals surface area contributed by atoms with E-state index in [1.165, 1.54) is 0 Å². The molecule has 0 bridgehead atoms. The molecule has 3 heteroatoms. The van der Waals surface area contributed by atoms with Gasteiger partial charge in [-0.05, 0) is 44.5 Å². The number of alkyl halides is 1. The summed E-state index contributed by atoms with van der Waals surface area (Å²) >= 11 is 5.54. The van der Waals surface area contributed by atoms with Crippen LogP contribution in [0.4, 0.5) is 0 Å². The van der Waals surface area contributed by atoms with Crippen LogP contribution in [0, 0.1) is 6.92 Å². The molecule has 16 heavy (non-hydrogen) atoms. The summed E-state index contributed by atoms with van der Waals surface area (Å²) in [4.78, 5) is 11.6. The predicted octanol–water partition coefficient (Wildman–Crippen LogP) is 3.59. The Labute approximate surface area is 102 Å². The summed E-state index contributed by atoms with van der Waals surface area (Å²) in [5.41, 5.74) is 1.68. The van der Waals surface area contributed by atoms with Crippen molar-refractivity contribution in [3.8, 4) is 5.75 Å². The van der Waals surface area contributed by atoms with Crippen LogP contribution < -0.4 is 4.74 Å². The minimum atomic E-state index is 0.0780. The monoisotopic (exact) mass is 240 g/mol. The molecule has 88 valence electrons. The summed E-state index contributed by atoms with van der Waals surface area (Å²) < 4.78 is 5.60. The molecule has 0 spiro atoms. The van der Waals surface area contributed by atoms with E-state index in [1.54, 1.807) is 6.07 Å². The van der Waals surface area contributed by atoms with Gasteiger partial charge in [-0.3, -0.25) is 4.79 Å². The third-order valence-electron chi connectivity index (χ3n) is 2.18. The number of carbonyl (C=O) groups is 1. The van der Waals surface area contributed by atoms with Gasteiger partial charge in [-0.15, -0.1) is 11.6 Å². The van der Waals surface area contributed by atoms with Crippen molar-refractivity contribution in [1.29, 1.82) is 0 Å². The maximum Gasteiger partial charge on any atom is 0.164 e. The molecule has 0 saturated heterocycles. The third kappa shape index (κ3) is 3.53. The largest absolute Gasteiger partial charge is 0.491 e. The molecule has 0 fully saturated rings. The lowest BCUT2D eigenvalue weighted by Crippen LogP contribution is -2.07. The Morgan fingerprint density at radius 2 is 2.12 bits per heavy atom. The second kappa shape index (κ2) is 5.90. The fourth-order valence-corrected chi connectivity index (χ4v) is 1.61. The van der Waals surface area contributed by atoms with Crippen molar-refractivity contribution in [3.05, 3.63) is 29.3 Å².